The van der Waals surface area contributed by atoms with Gasteiger partial charge in [-0.1, -0.05) is 89.5 Å². The van der Waals surface area contributed by atoms with Gasteiger partial charge in [0.25, 0.3) is 0 Å². The zero-order chi connectivity index (χ0) is 34.0. The van der Waals surface area contributed by atoms with Gasteiger partial charge in [0.05, 0.1) is 11.1 Å². The van der Waals surface area contributed by atoms with Gasteiger partial charge in [0.2, 0.25) is 23.3 Å². The van der Waals surface area contributed by atoms with Crippen LogP contribution >= 0.6 is 0 Å². The Kier molecular flexibility index (Phi) is 12.7. The third-order valence-electron chi connectivity index (χ3n) is 11.0. The molecule has 7 nitrogen and oxygen atoms in total. The van der Waals surface area contributed by atoms with Crippen LogP contribution in [0, 0.1) is 11.8 Å². The Bertz CT molecular complexity index is 1360. The first-order chi connectivity index (χ1) is 23.3. The highest BCUT2D eigenvalue weighted by atomic mass is 16.6. The molecule has 0 spiro atoms. The molecule has 0 amide bonds. The van der Waals surface area contributed by atoms with E-state index in [1.54, 1.807) is 24.3 Å². The summed E-state index contributed by atoms with van der Waals surface area (Å²) >= 11 is 0. The Morgan fingerprint density at radius 1 is 0.604 bits per heavy atom. The standard InChI is InChI=1S/C41H55NO6/c1-4-6-8-10-28-12-16-30(17-13-28)32-20-24-34(25-21-32)40(45)47-36-37(39(44)42(3)38(36)43)48-41(46)35-26-22-33(23-27-35)31-18-14-29(15-19-31)11-9-7-5-2/h20-31,43-44H,4-19H2,1-3H3. The number of nitrogens with zero attached hydrogens (tertiary/aromatic N) is 1. The van der Waals surface area contributed by atoms with E-state index in [9.17, 15) is 19.8 Å². The molecule has 0 atom stereocenters. The second kappa shape index (κ2) is 17.1. The van der Waals surface area contributed by atoms with Crippen LogP contribution < -0.4 is 9.47 Å². The minimum absolute atomic E-state index is 0.303. The molecular formula is C41H55NO6. The second-order valence-corrected chi connectivity index (χ2v) is 14.3. The van der Waals surface area contributed by atoms with Crippen molar-refractivity contribution >= 4 is 11.9 Å². The van der Waals surface area contributed by atoms with Crippen molar-refractivity contribution in [3.8, 4) is 23.3 Å². The van der Waals surface area contributed by atoms with Crippen LogP contribution in [0.25, 0.3) is 0 Å². The summed E-state index contributed by atoms with van der Waals surface area (Å²) in [4.78, 5) is 26.3. The van der Waals surface area contributed by atoms with Crippen molar-refractivity contribution in [1.82, 2.24) is 4.57 Å². The highest BCUT2D eigenvalue weighted by molar-refractivity contribution is 5.94. The van der Waals surface area contributed by atoms with Crippen LogP contribution in [-0.2, 0) is 7.05 Å². The van der Waals surface area contributed by atoms with Crippen molar-refractivity contribution in [2.24, 2.45) is 18.9 Å². The number of ether oxygens (including phenoxy) is 2. The second-order valence-electron chi connectivity index (χ2n) is 14.3. The summed E-state index contributed by atoms with van der Waals surface area (Å²) < 4.78 is 12.1. The van der Waals surface area contributed by atoms with Gasteiger partial charge >= 0.3 is 11.9 Å². The zero-order valence-corrected chi connectivity index (χ0v) is 29.2. The van der Waals surface area contributed by atoms with Gasteiger partial charge in [-0.3, -0.25) is 4.57 Å². The van der Waals surface area contributed by atoms with Crippen molar-refractivity contribution in [1.29, 1.82) is 0 Å². The molecule has 2 fully saturated rings. The molecule has 0 bridgehead atoms. The largest absolute Gasteiger partial charge is 0.492 e. The van der Waals surface area contributed by atoms with E-state index in [-0.39, 0.29) is 0 Å². The first-order valence-electron chi connectivity index (χ1n) is 18.5. The zero-order valence-electron chi connectivity index (χ0n) is 29.2. The summed E-state index contributed by atoms with van der Waals surface area (Å²) in [6, 6.07) is 14.8. The molecule has 5 rings (SSSR count). The predicted octanol–water partition coefficient (Wildman–Crippen LogP) is 10.6. The van der Waals surface area contributed by atoms with E-state index < -0.39 is 35.2 Å². The number of carbonyl (C=O) groups is 2. The Labute approximate surface area is 286 Å². The highest BCUT2D eigenvalue weighted by Crippen LogP contribution is 2.47. The van der Waals surface area contributed by atoms with E-state index >= 15 is 0 Å². The Balaban J connectivity index is 1.17. The first-order valence-corrected chi connectivity index (χ1v) is 18.5. The molecule has 2 N–H and O–H groups in total. The van der Waals surface area contributed by atoms with Crippen molar-refractivity contribution < 1.29 is 29.3 Å². The lowest BCUT2D eigenvalue weighted by Crippen LogP contribution is -2.14. The van der Waals surface area contributed by atoms with E-state index in [1.165, 1.54) is 95.2 Å². The molecule has 2 aromatic carbocycles. The smallest absolute Gasteiger partial charge is 0.343 e. The first kappa shape index (κ1) is 35.6. The number of rotatable bonds is 14. The number of benzene rings is 2. The molecule has 260 valence electrons. The summed E-state index contributed by atoms with van der Waals surface area (Å²) in [7, 11) is 1.39. The number of unbranched alkanes of at least 4 members (excludes halogenated alkanes) is 4. The van der Waals surface area contributed by atoms with Gasteiger partial charge in [0, 0.05) is 7.05 Å². The summed E-state index contributed by atoms with van der Waals surface area (Å²) in [5.74, 6) is -0.631. The fourth-order valence-electron chi connectivity index (χ4n) is 7.81. The quantitative estimate of drug-likeness (QED) is 0.132. The normalized spacial score (nSPS) is 21.1. The molecule has 2 aliphatic carbocycles. The molecule has 7 heteroatoms. The lowest BCUT2D eigenvalue weighted by molar-refractivity contribution is 0.0677. The SMILES string of the molecule is CCCCCC1CCC(c2ccc(C(=O)Oc3c(OC(=O)c4ccc(C5CCC(CCCCC)CC5)cc4)c(O)n(C)c3O)cc2)CC1. The molecule has 1 aromatic heterocycles. The van der Waals surface area contributed by atoms with Gasteiger partial charge in [-0.15, -0.1) is 0 Å². The lowest BCUT2D eigenvalue weighted by atomic mass is 9.77. The number of carbonyl (C=O) groups excluding carboxylic acids is 2. The van der Waals surface area contributed by atoms with Crippen LogP contribution in [0.3, 0.4) is 0 Å². The van der Waals surface area contributed by atoms with Gasteiger partial charge in [-0.25, -0.2) is 9.59 Å². The van der Waals surface area contributed by atoms with E-state index in [2.05, 4.69) is 13.8 Å². The van der Waals surface area contributed by atoms with Crippen molar-refractivity contribution in [2.75, 3.05) is 0 Å². The van der Waals surface area contributed by atoms with Crippen LogP contribution in [0.4, 0.5) is 0 Å². The third-order valence-corrected chi connectivity index (χ3v) is 11.0. The highest BCUT2D eigenvalue weighted by Gasteiger charge is 2.30. The summed E-state index contributed by atoms with van der Waals surface area (Å²) in [5, 5.41) is 21.4. The number of esters is 2. The Morgan fingerprint density at radius 3 is 1.29 bits per heavy atom. The summed E-state index contributed by atoms with van der Waals surface area (Å²) in [6.45, 7) is 4.49. The third kappa shape index (κ3) is 8.83. The molecule has 1 heterocycles. The van der Waals surface area contributed by atoms with Gasteiger partial charge < -0.3 is 19.7 Å². The minimum Gasteiger partial charge on any atom is -0.492 e. The van der Waals surface area contributed by atoms with Gasteiger partial charge in [-0.2, -0.15) is 0 Å². The fraction of sp³-hybridized carbons (Fsp3) is 0.561. The molecule has 0 unspecified atom stereocenters. The number of aromatic hydroxyl groups is 2. The molecule has 2 saturated carbocycles. The van der Waals surface area contributed by atoms with Crippen LogP contribution in [0.1, 0.15) is 160 Å². The van der Waals surface area contributed by atoms with E-state index in [1.807, 2.05) is 24.3 Å². The number of hydrogen-bond donors (Lipinski definition) is 2. The van der Waals surface area contributed by atoms with Gasteiger partial charge in [0.15, 0.2) is 0 Å². The minimum atomic E-state index is -0.719. The van der Waals surface area contributed by atoms with Crippen molar-refractivity contribution in [3.05, 3.63) is 70.8 Å². The maximum atomic E-state index is 13.2. The van der Waals surface area contributed by atoms with E-state index in [0.29, 0.717) is 23.0 Å². The monoisotopic (exact) mass is 657 g/mol. The van der Waals surface area contributed by atoms with E-state index in [0.717, 1.165) is 42.1 Å². The maximum Gasteiger partial charge on any atom is 0.343 e. The van der Waals surface area contributed by atoms with Crippen LogP contribution in [-0.4, -0.2) is 26.7 Å². The van der Waals surface area contributed by atoms with Gasteiger partial charge in [-0.05, 0) is 110 Å². The molecular weight excluding hydrogens is 602 g/mol. The number of aromatic nitrogens is 1. The summed E-state index contributed by atoms with van der Waals surface area (Å²) in [6.07, 6.45) is 20.1. The molecule has 3 aromatic rings. The van der Waals surface area contributed by atoms with Crippen molar-refractivity contribution in [3.63, 3.8) is 0 Å². The van der Waals surface area contributed by atoms with Crippen LogP contribution in [0.15, 0.2) is 48.5 Å². The Hall–Kier alpha value is -3.74. The molecule has 0 aliphatic heterocycles. The molecule has 0 saturated heterocycles. The average molecular weight is 658 g/mol. The van der Waals surface area contributed by atoms with Gasteiger partial charge in [0.1, 0.15) is 0 Å². The molecule has 0 radical (unpaired) electrons. The lowest BCUT2D eigenvalue weighted by Gasteiger charge is -2.29. The summed E-state index contributed by atoms with van der Waals surface area (Å²) in [5.41, 5.74) is 3.04. The molecule has 2 aliphatic rings. The fourth-order valence-corrected chi connectivity index (χ4v) is 7.81. The van der Waals surface area contributed by atoms with Crippen LogP contribution in [0.5, 0.6) is 23.3 Å². The Morgan fingerprint density at radius 2 is 0.958 bits per heavy atom. The maximum absolute atomic E-state index is 13.2. The van der Waals surface area contributed by atoms with E-state index in [4.69, 9.17) is 9.47 Å². The average Bonchev–Trinajstić information content (AvgIpc) is 3.31. The molecule has 48 heavy (non-hydrogen) atoms. The topological polar surface area (TPSA) is 98.0 Å². The predicted molar refractivity (Wildman–Crippen MR) is 189 cm³/mol. The van der Waals surface area contributed by atoms with Crippen LogP contribution in [0.2, 0.25) is 0 Å². The number of hydrogen-bond acceptors (Lipinski definition) is 6. The van der Waals surface area contributed by atoms with Crippen molar-refractivity contribution in [2.45, 2.75) is 128 Å².